The molecular formula is C21H28ClN3O2. The number of alkyl halides is 1. The molecule has 0 aliphatic carbocycles. The molecule has 27 heavy (non-hydrogen) atoms. The van der Waals surface area contributed by atoms with Gasteiger partial charge in [0.05, 0.1) is 19.3 Å². The molecule has 5 nitrogen and oxygen atoms in total. The van der Waals surface area contributed by atoms with Gasteiger partial charge in [0.25, 0.3) is 0 Å². The SMILES string of the molecule is CCl.CON1ON(Cc2ccc3c(c2)C(C(C)C)CCN3)c2ccccc21. The van der Waals surface area contributed by atoms with Crippen LogP contribution in [0.3, 0.4) is 0 Å². The van der Waals surface area contributed by atoms with Gasteiger partial charge in [-0.05, 0) is 47.6 Å². The highest BCUT2D eigenvalue weighted by molar-refractivity contribution is 6.15. The number of anilines is 3. The Hall–Kier alpha value is -1.95. The van der Waals surface area contributed by atoms with Crippen LogP contribution in [0.5, 0.6) is 0 Å². The Balaban J connectivity index is 0.00000102. The number of nitrogens with one attached hydrogen (secondary N) is 1. The second-order valence-electron chi connectivity index (χ2n) is 7.03. The molecular weight excluding hydrogens is 362 g/mol. The summed E-state index contributed by atoms with van der Waals surface area (Å²) in [6.07, 6.45) is 2.66. The van der Waals surface area contributed by atoms with Crippen LogP contribution in [-0.2, 0) is 16.3 Å². The van der Waals surface area contributed by atoms with E-state index < -0.39 is 0 Å². The smallest absolute Gasteiger partial charge is 0.123 e. The summed E-state index contributed by atoms with van der Waals surface area (Å²) < 4.78 is 0. The van der Waals surface area contributed by atoms with Gasteiger partial charge in [0.1, 0.15) is 5.69 Å². The number of hydroxylamine groups is 1. The van der Waals surface area contributed by atoms with Crippen molar-refractivity contribution in [1.82, 2.24) is 0 Å². The maximum Gasteiger partial charge on any atom is 0.123 e. The molecule has 0 fully saturated rings. The molecule has 0 bridgehead atoms. The van der Waals surface area contributed by atoms with E-state index in [1.54, 1.807) is 7.11 Å². The van der Waals surface area contributed by atoms with Crippen LogP contribution in [0.2, 0.25) is 0 Å². The monoisotopic (exact) mass is 389 g/mol. The first-order valence-corrected chi connectivity index (χ1v) is 10.1. The minimum absolute atomic E-state index is 0.610. The molecule has 1 atom stereocenters. The number of rotatable bonds is 4. The van der Waals surface area contributed by atoms with E-state index in [9.17, 15) is 0 Å². The van der Waals surface area contributed by atoms with Gasteiger partial charge in [-0.3, -0.25) is 4.84 Å². The van der Waals surface area contributed by atoms with E-state index in [-0.39, 0.29) is 0 Å². The highest BCUT2D eigenvalue weighted by Crippen LogP contribution is 2.40. The second-order valence-corrected chi connectivity index (χ2v) is 7.03. The van der Waals surface area contributed by atoms with Crippen LogP contribution in [0, 0.1) is 5.92 Å². The number of para-hydroxylation sites is 2. The van der Waals surface area contributed by atoms with Gasteiger partial charge in [-0.25, -0.2) is 5.06 Å². The molecule has 0 saturated heterocycles. The maximum atomic E-state index is 5.83. The first-order chi connectivity index (χ1) is 13.2. The molecule has 0 spiro atoms. The Bertz CT molecular complexity index is 769. The molecule has 0 radical (unpaired) electrons. The number of hydrogen-bond donors (Lipinski definition) is 1. The number of fused-ring (bicyclic) bond motifs is 2. The van der Waals surface area contributed by atoms with E-state index in [2.05, 4.69) is 49.0 Å². The van der Waals surface area contributed by atoms with Gasteiger partial charge in [0.2, 0.25) is 0 Å². The Morgan fingerprint density at radius 3 is 2.63 bits per heavy atom. The summed E-state index contributed by atoms with van der Waals surface area (Å²) in [6.45, 7) is 6.35. The normalized spacial score (nSPS) is 17.8. The summed E-state index contributed by atoms with van der Waals surface area (Å²) in [5.74, 6) is 1.25. The van der Waals surface area contributed by atoms with Crippen molar-refractivity contribution >= 4 is 28.7 Å². The Labute approximate surface area is 166 Å². The maximum absolute atomic E-state index is 5.83. The van der Waals surface area contributed by atoms with Crippen LogP contribution < -0.4 is 15.6 Å². The minimum Gasteiger partial charge on any atom is -0.385 e. The molecule has 2 heterocycles. The molecule has 6 heteroatoms. The van der Waals surface area contributed by atoms with E-state index in [1.807, 2.05) is 29.3 Å². The predicted octanol–water partition coefficient (Wildman–Crippen LogP) is 5.33. The molecule has 2 aromatic rings. The van der Waals surface area contributed by atoms with Gasteiger partial charge in [-0.15, -0.1) is 16.5 Å². The van der Waals surface area contributed by atoms with Crippen molar-refractivity contribution in [3.63, 3.8) is 0 Å². The third-order valence-corrected chi connectivity index (χ3v) is 5.10. The van der Waals surface area contributed by atoms with E-state index in [0.29, 0.717) is 18.4 Å². The summed E-state index contributed by atoms with van der Waals surface area (Å²) in [6, 6.07) is 14.7. The van der Waals surface area contributed by atoms with Crippen LogP contribution in [0.1, 0.15) is 37.3 Å². The summed E-state index contributed by atoms with van der Waals surface area (Å²) in [5.41, 5.74) is 5.87. The zero-order valence-electron chi connectivity index (χ0n) is 16.4. The average molecular weight is 390 g/mol. The van der Waals surface area contributed by atoms with E-state index in [1.165, 1.54) is 34.8 Å². The van der Waals surface area contributed by atoms with Crippen molar-refractivity contribution in [2.24, 2.45) is 5.92 Å². The van der Waals surface area contributed by atoms with Crippen LogP contribution in [0.4, 0.5) is 17.1 Å². The summed E-state index contributed by atoms with van der Waals surface area (Å²) in [4.78, 5) is 11.1. The lowest BCUT2D eigenvalue weighted by atomic mass is 9.82. The quantitative estimate of drug-likeness (QED) is 0.715. The molecule has 0 aromatic heterocycles. The Kier molecular flexibility index (Phi) is 6.47. The first-order valence-electron chi connectivity index (χ1n) is 9.30. The summed E-state index contributed by atoms with van der Waals surface area (Å²) in [5, 5.41) is 6.85. The second kappa shape index (κ2) is 8.83. The largest absolute Gasteiger partial charge is 0.385 e. The van der Waals surface area contributed by atoms with Crippen LogP contribution >= 0.6 is 11.6 Å². The van der Waals surface area contributed by atoms with Gasteiger partial charge in [-0.2, -0.15) is 0 Å². The Morgan fingerprint density at radius 2 is 1.93 bits per heavy atom. The fourth-order valence-corrected chi connectivity index (χ4v) is 3.81. The standard InChI is InChI=1S/C20H25N3O2.CH3Cl/c1-14(2)16-10-11-21-18-9-8-15(12-17(16)18)13-22-19-6-4-5-7-20(19)23(24-3)25-22;1-2/h4-9,12,14,16,21H,10-11,13H2,1-3H3;1H3. The minimum atomic E-state index is 0.610. The lowest BCUT2D eigenvalue weighted by Crippen LogP contribution is -2.27. The van der Waals surface area contributed by atoms with Crippen LogP contribution in [-0.4, -0.2) is 20.0 Å². The highest BCUT2D eigenvalue weighted by Gasteiger charge is 2.29. The number of halogens is 1. The van der Waals surface area contributed by atoms with Crippen molar-refractivity contribution < 1.29 is 9.78 Å². The molecule has 1 unspecified atom stereocenters. The van der Waals surface area contributed by atoms with Crippen molar-refractivity contribution in [2.75, 3.05) is 35.6 Å². The molecule has 0 saturated carbocycles. The van der Waals surface area contributed by atoms with Crippen molar-refractivity contribution in [2.45, 2.75) is 32.7 Å². The van der Waals surface area contributed by atoms with Crippen molar-refractivity contribution in [3.05, 3.63) is 53.6 Å². The van der Waals surface area contributed by atoms with Crippen LogP contribution in [0.25, 0.3) is 0 Å². The Morgan fingerprint density at radius 1 is 1.19 bits per heavy atom. The number of nitrogens with zero attached hydrogens (tertiary/aromatic N) is 2. The molecule has 4 rings (SSSR count). The lowest BCUT2D eigenvalue weighted by molar-refractivity contribution is -0.0676. The fraction of sp³-hybridized carbons (Fsp3) is 0.429. The summed E-state index contributed by atoms with van der Waals surface area (Å²) in [7, 11) is 1.61. The van der Waals surface area contributed by atoms with Crippen molar-refractivity contribution in [1.29, 1.82) is 0 Å². The summed E-state index contributed by atoms with van der Waals surface area (Å²) >= 11 is 4.64. The first kappa shape index (κ1) is 19.8. The zero-order chi connectivity index (χ0) is 19.4. The molecule has 2 aliphatic heterocycles. The van der Waals surface area contributed by atoms with Gasteiger partial charge in [-0.1, -0.05) is 43.3 Å². The third-order valence-electron chi connectivity index (χ3n) is 5.10. The topological polar surface area (TPSA) is 37.0 Å². The zero-order valence-corrected chi connectivity index (χ0v) is 17.2. The third kappa shape index (κ3) is 4.00. The van der Waals surface area contributed by atoms with Crippen LogP contribution in [0.15, 0.2) is 42.5 Å². The predicted molar refractivity (Wildman–Crippen MR) is 112 cm³/mol. The van der Waals surface area contributed by atoms with Gasteiger partial charge in [0, 0.05) is 18.6 Å². The molecule has 146 valence electrons. The van der Waals surface area contributed by atoms with Crippen molar-refractivity contribution in [3.8, 4) is 0 Å². The fourth-order valence-electron chi connectivity index (χ4n) is 3.81. The van der Waals surface area contributed by atoms with Gasteiger partial charge >= 0.3 is 0 Å². The molecule has 2 aliphatic rings. The number of hydrogen-bond acceptors (Lipinski definition) is 5. The average Bonchev–Trinajstić information content (AvgIpc) is 3.06. The highest BCUT2D eigenvalue weighted by atomic mass is 35.5. The molecule has 2 aromatic carbocycles. The van der Waals surface area contributed by atoms with E-state index >= 15 is 0 Å². The molecule has 0 amide bonds. The van der Waals surface area contributed by atoms with E-state index in [0.717, 1.165) is 17.9 Å². The van der Waals surface area contributed by atoms with Gasteiger partial charge in [0.15, 0.2) is 0 Å². The lowest BCUT2D eigenvalue weighted by Gasteiger charge is -2.30. The number of benzene rings is 2. The van der Waals surface area contributed by atoms with Gasteiger partial charge < -0.3 is 5.32 Å². The van der Waals surface area contributed by atoms with E-state index in [4.69, 9.17) is 9.78 Å². The molecule has 1 N–H and O–H groups in total.